The molecule has 5 heteroatoms. The second kappa shape index (κ2) is 8.12. The van der Waals surface area contributed by atoms with E-state index >= 15 is 0 Å². The van der Waals surface area contributed by atoms with Crippen molar-refractivity contribution in [1.29, 1.82) is 0 Å². The summed E-state index contributed by atoms with van der Waals surface area (Å²) < 4.78 is 0. The van der Waals surface area contributed by atoms with Crippen LogP contribution < -0.4 is 10.6 Å². The van der Waals surface area contributed by atoms with Crippen molar-refractivity contribution in [2.75, 3.05) is 0 Å². The molecule has 0 aromatic heterocycles. The van der Waals surface area contributed by atoms with E-state index in [0.717, 1.165) is 31.6 Å². The van der Waals surface area contributed by atoms with Crippen molar-refractivity contribution in [2.45, 2.75) is 71.4 Å². The molecule has 1 aliphatic rings. The number of nitrogens with one attached hydrogen (secondary N) is 2. The summed E-state index contributed by atoms with van der Waals surface area (Å²) in [5.74, 6) is -0.0176. The van der Waals surface area contributed by atoms with Crippen molar-refractivity contribution < 1.29 is 14.7 Å². The quantitative estimate of drug-likeness (QED) is 0.679. The van der Waals surface area contributed by atoms with E-state index in [4.69, 9.17) is 5.11 Å². The number of urea groups is 1. The van der Waals surface area contributed by atoms with Crippen molar-refractivity contribution in [2.24, 2.45) is 11.8 Å². The van der Waals surface area contributed by atoms with E-state index in [1.54, 1.807) is 0 Å². The van der Waals surface area contributed by atoms with Gasteiger partial charge in [-0.25, -0.2) is 9.59 Å². The average Bonchev–Trinajstić information content (AvgIpc) is 2.53. The molecule has 2 amide bonds. The Labute approximate surface area is 121 Å². The van der Waals surface area contributed by atoms with Crippen molar-refractivity contribution in [3.8, 4) is 0 Å². The predicted molar refractivity (Wildman–Crippen MR) is 78.6 cm³/mol. The molecule has 0 spiro atoms. The Morgan fingerprint density at radius 2 is 1.90 bits per heavy atom. The topological polar surface area (TPSA) is 78.4 Å². The molecule has 0 bridgehead atoms. The Morgan fingerprint density at radius 3 is 2.50 bits per heavy atom. The zero-order valence-electron chi connectivity index (χ0n) is 12.8. The molecule has 2 unspecified atom stereocenters. The van der Waals surface area contributed by atoms with E-state index in [9.17, 15) is 9.59 Å². The van der Waals surface area contributed by atoms with Crippen molar-refractivity contribution in [3.05, 3.63) is 0 Å². The Morgan fingerprint density at radius 1 is 1.20 bits per heavy atom. The number of hydrogen-bond acceptors (Lipinski definition) is 2. The predicted octanol–water partition coefficient (Wildman–Crippen LogP) is 2.75. The summed E-state index contributed by atoms with van der Waals surface area (Å²) >= 11 is 0. The van der Waals surface area contributed by atoms with E-state index in [1.807, 2.05) is 13.8 Å². The van der Waals surface area contributed by atoms with Crippen molar-refractivity contribution in [1.82, 2.24) is 10.6 Å². The molecule has 20 heavy (non-hydrogen) atoms. The van der Waals surface area contributed by atoms with Crippen LogP contribution in [0.2, 0.25) is 0 Å². The van der Waals surface area contributed by atoms with Crippen LogP contribution >= 0.6 is 0 Å². The number of carbonyl (C=O) groups excluding carboxylic acids is 1. The molecular weight excluding hydrogens is 256 g/mol. The lowest BCUT2D eigenvalue weighted by atomic mass is 10.0. The summed E-state index contributed by atoms with van der Waals surface area (Å²) in [6.45, 7) is 6.13. The van der Waals surface area contributed by atoms with Gasteiger partial charge in [0, 0.05) is 6.04 Å². The van der Waals surface area contributed by atoms with Gasteiger partial charge < -0.3 is 15.7 Å². The Bertz CT molecular complexity index is 331. The van der Waals surface area contributed by atoms with E-state index in [2.05, 4.69) is 17.6 Å². The van der Waals surface area contributed by atoms with Crippen molar-refractivity contribution in [3.63, 3.8) is 0 Å². The summed E-state index contributed by atoms with van der Waals surface area (Å²) in [7, 11) is 0. The van der Waals surface area contributed by atoms with Crippen molar-refractivity contribution >= 4 is 12.0 Å². The molecule has 0 heterocycles. The molecule has 5 nitrogen and oxygen atoms in total. The maximum absolute atomic E-state index is 11.9. The zero-order valence-corrected chi connectivity index (χ0v) is 12.8. The van der Waals surface area contributed by atoms with Gasteiger partial charge in [-0.2, -0.15) is 0 Å². The fraction of sp³-hybridized carbons (Fsp3) is 0.867. The maximum Gasteiger partial charge on any atom is 0.326 e. The molecule has 0 radical (unpaired) electrons. The molecule has 3 N–H and O–H groups in total. The number of hydrogen-bond donors (Lipinski definition) is 3. The normalized spacial score (nSPS) is 24.8. The van der Waals surface area contributed by atoms with Gasteiger partial charge in [-0.3, -0.25) is 0 Å². The average molecular weight is 284 g/mol. The standard InChI is InChI=1S/C15H28N2O3/c1-10(2)9-13(14(18)19)17-15(20)16-12-6-4-5-11(3)7-8-12/h10-13H,4-9H2,1-3H3,(H,18,19)(H2,16,17,20)/t11?,12?,13-/m1/s1. The Balaban J connectivity index is 2.42. The Kier molecular flexibility index (Phi) is 6.82. The van der Waals surface area contributed by atoms with Gasteiger partial charge in [-0.15, -0.1) is 0 Å². The second-order valence-corrected chi connectivity index (χ2v) is 6.45. The first kappa shape index (κ1) is 16.8. The van der Waals surface area contributed by atoms with Gasteiger partial charge in [0.1, 0.15) is 6.04 Å². The minimum atomic E-state index is -0.969. The maximum atomic E-state index is 11.9. The molecule has 1 fully saturated rings. The fourth-order valence-corrected chi connectivity index (χ4v) is 2.71. The number of rotatable bonds is 5. The number of amides is 2. The van der Waals surface area contributed by atoms with E-state index < -0.39 is 12.0 Å². The van der Waals surface area contributed by atoms with Crippen LogP contribution in [0, 0.1) is 11.8 Å². The molecule has 3 atom stereocenters. The Hall–Kier alpha value is -1.26. The number of carboxylic acid groups (broad SMARTS) is 1. The highest BCUT2D eigenvalue weighted by Gasteiger charge is 2.23. The minimum absolute atomic E-state index is 0.174. The van der Waals surface area contributed by atoms with Crippen LogP contribution in [0.15, 0.2) is 0 Å². The highest BCUT2D eigenvalue weighted by molar-refractivity contribution is 5.82. The fourth-order valence-electron chi connectivity index (χ4n) is 2.71. The molecule has 116 valence electrons. The van der Waals surface area contributed by atoms with Gasteiger partial charge >= 0.3 is 12.0 Å². The molecule has 1 rings (SSSR count). The summed E-state index contributed by atoms with van der Waals surface area (Å²) in [5, 5.41) is 14.6. The summed E-state index contributed by atoms with van der Waals surface area (Å²) in [5.41, 5.74) is 0. The van der Waals surface area contributed by atoms with Gasteiger partial charge in [0.25, 0.3) is 0 Å². The summed E-state index contributed by atoms with van der Waals surface area (Å²) in [4.78, 5) is 23.0. The van der Waals surface area contributed by atoms with Crippen LogP contribution in [-0.2, 0) is 4.79 Å². The first-order chi connectivity index (χ1) is 9.38. The molecule has 1 aliphatic carbocycles. The van der Waals surface area contributed by atoms with Gasteiger partial charge in [0.15, 0.2) is 0 Å². The van der Waals surface area contributed by atoms with Crippen LogP contribution in [0.4, 0.5) is 4.79 Å². The molecule has 0 saturated heterocycles. The molecular formula is C15H28N2O3. The third kappa shape index (κ3) is 6.26. The van der Waals surface area contributed by atoms with E-state index in [-0.39, 0.29) is 18.0 Å². The van der Waals surface area contributed by atoms with Gasteiger partial charge in [0.2, 0.25) is 0 Å². The molecule has 0 aromatic carbocycles. The van der Waals surface area contributed by atoms with Crippen LogP contribution in [0.5, 0.6) is 0 Å². The third-order valence-corrected chi connectivity index (χ3v) is 3.90. The lowest BCUT2D eigenvalue weighted by molar-refractivity contribution is -0.139. The van der Waals surface area contributed by atoms with E-state index in [1.165, 1.54) is 6.42 Å². The first-order valence-corrected chi connectivity index (χ1v) is 7.68. The summed E-state index contributed by atoms with van der Waals surface area (Å²) in [6, 6.07) is -0.981. The number of carboxylic acids is 1. The monoisotopic (exact) mass is 284 g/mol. The lowest BCUT2D eigenvalue weighted by Gasteiger charge is -2.20. The third-order valence-electron chi connectivity index (χ3n) is 3.90. The zero-order chi connectivity index (χ0) is 15.1. The van der Waals surface area contributed by atoms with Crippen LogP contribution in [-0.4, -0.2) is 29.2 Å². The van der Waals surface area contributed by atoms with Crippen LogP contribution in [0.3, 0.4) is 0 Å². The van der Waals surface area contributed by atoms with Crippen LogP contribution in [0.1, 0.15) is 59.3 Å². The number of aliphatic carboxylic acids is 1. The molecule has 1 saturated carbocycles. The second-order valence-electron chi connectivity index (χ2n) is 6.45. The van der Waals surface area contributed by atoms with Crippen LogP contribution in [0.25, 0.3) is 0 Å². The van der Waals surface area contributed by atoms with Gasteiger partial charge in [0.05, 0.1) is 0 Å². The minimum Gasteiger partial charge on any atom is -0.480 e. The van der Waals surface area contributed by atoms with Gasteiger partial charge in [-0.1, -0.05) is 33.6 Å². The summed E-state index contributed by atoms with van der Waals surface area (Å²) in [6.07, 6.45) is 5.88. The highest BCUT2D eigenvalue weighted by Crippen LogP contribution is 2.22. The highest BCUT2D eigenvalue weighted by atomic mass is 16.4. The lowest BCUT2D eigenvalue weighted by Crippen LogP contribution is -2.49. The first-order valence-electron chi connectivity index (χ1n) is 7.68. The SMILES string of the molecule is CC(C)C[C@@H](NC(=O)NC1CCCC(C)CC1)C(=O)O. The van der Waals surface area contributed by atoms with Gasteiger partial charge in [-0.05, 0) is 37.5 Å². The smallest absolute Gasteiger partial charge is 0.326 e. The largest absolute Gasteiger partial charge is 0.480 e. The molecule has 0 aromatic rings. The van der Waals surface area contributed by atoms with E-state index in [0.29, 0.717) is 6.42 Å². The molecule has 0 aliphatic heterocycles. The number of carbonyl (C=O) groups is 2.